The fraction of sp³-hybridized carbons (Fsp3) is 0.389. The van der Waals surface area contributed by atoms with Crippen LogP contribution >= 0.6 is 11.3 Å². The number of nitrogens with zero attached hydrogens (tertiary/aromatic N) is 2. The molecule has 116 valence electrons. The Bertz CT molecular complexity index is 643. The first kappa shape index (κ1) is 15.3. The first-order chi connectivity index (χ1) is 10.6. The number of rotatable bonds is 3. The molecule has 2 heterocycles. The maximum atomic E-state index is 12.7. The van der Waals surface area contributed by atoms with Crippen LogP contribution in [0, 0.1) is 13.8 Å². The molecule has 1 aromatic heterocycles. The Morgan fingerprint density at radius 1 is 1.14 bits per heavy atom. The van der Waals surface area contributed by atoms with E-state index in [9.17, 15) is 4.79 Å². The lowest BCUT2D eigenvalue weighted by atomic mass is 10.0. The van der Waals surface area contributed by atoms with Crippen LogP contribution in [0.5, 0.6) is 0 Å². The summed E-state index contributed by atoms with van der Waals surface area (Å²) in [5.74, 6) is 0.178. The lowest BCUT2D eigenvalue weighted by Gasteiger charge is -2.34. The number of hydrogen-bond acceptors (Lipinski definition) is 3. The first-order valence-corrected chi connectivity index (χ1v) is 8.63. The lowest BCUT2D eigenvalue weighted by Crippen LogP contribution is -2.48. The number of hydrogen-bond donors (Lipinski definition) is 0. The molecular weight excluding hydrogens is 292 g/mol. The van der Waals surface area contributed by atoms with E-state index in [0.717, 1.165) is 49.4 Å². The van der Waals surface area contributed by atoms with Crippen molar-refractivity contribution in [3.63, 3.8) is 0 Å². The van der Waals surface area contributed by atoms with E-state index in [1.165, 1.54) is 4.88 Å². The van der Waals surface area contributed by atoms with Crippen molar-refractivity contribution in [3.05, 3.63) is 57.3 Å². The number of amides is 1. The van der Waals surface area contributed by atoms with Crippen LogP contribution < -0.4 is 0 Å². The Morgan fingerprint density at radius 2 is 1.91 bits per heavy atom. The van der Waals surface area contributed by atoms with E-state index in [1.807, 2.05) is 30.9 Å². The summed E-state index contributed by atoms with van der Waals surface area (Å²) in [7, 11) is 0. The van der Waals surface area contributed by atoms with Crippen molar-refractivity contribution in [2.24, 2.45) is 0 Å². The zero-order valence-electron chi connectivity index (χ0n) is 13.2. The van der Waals surface area contributed by atoms with Gasteiger partial charge >= 0.3 is 0 Å². The highest BCUT2D eigenvalue weighted by molar-refractivity contribution is 7.09. The maximum absolute atomic E-state index is 12.7. The van der Waals surface area contributed by atoms with Crippen molar-refractivity contribution in [2.45, 2.75) is 20.4 Å². The third-order valence-corrected chi connectivity index (χ3v) is 5.10. The standard InChI is InChI=1S/C18H22N2OS/c1-14-5-6-15(2)17(12-14)18(21)20-9-7-19(8-10-20)13-16-4-3-11-22-16/h3-6,11-12H,7-10,13H2,1-2H3. The Kier molecular flexibility index (Phi) is 4.60. The highest BCUT2D eigenvalue weighted by Crippen LogP contribution is 2.17. The van der Waals surface area contributed by atoms with Crippen molar-refractivity contribution >= 4 is 17.2 Å². The third kappa shape index (κ3) is 3.39. The molecule has 1 amide bonds. The molecule has 3 nitrogen and oxygen atoms in total. The van der Waals surface area contributed by atoms with E-state index in [1.54, 1.807) is 11.3 Å². The quantitative estimate of drug-likeness (QED) is 0.867. The molecule has 1 aromatic carbocycles. The van der Waals surface area contributed by atoms with Gasteiger partial charge in [0, 0.05) is 43.2 Å². The number of carbonyl (C=O) groups is 1. The van der Waals surface area contributed by atoms with Crippen molar-refractivity contribution in [3.8, 4) is 0 Å². The molecule has 0 saturated carbocycles. The SMILES string of the molecule is Cc1ccc(C)c(C(=O)N2CCN(Cc3cccs3)CC2)c1. The summed E-state index contributed by atoms with van der Waals surface area (Å²) in [6, 6.07) is 10.4. The van der Waals surface area contributed by atoms with Gasteiger partial charge in [-0.1, -0.05) is 23.8 Å². The molecule has 0 unspecified atom stereocenters. The van der Waals surface area contributed by atoms with Gasteiger partial charge in [-0.25, -0.2) is 0 Å². The molecule has 1 aliphatic heterocycles. The third-order valence-electron chi connectivity index (χ3n) is 4.24. The van der Waals surface area contributed by atoms with E-state index >= 15 is 0 Å². The van der Waals surface area contributed by atoms with Crippen LogP contribution in [-0.2, 0) is 6.54 Å². The van der Waals surface area contributed by atoms with Crippen molar-refractivity contribution in [2.75, 3.05) is 26.2 Å². The zero-order valence-corrected chi connectivity index (χ0v) is 14.0. The van der Waals surface area contributed by atoms with Crippen molar-refractivity contribution in [1.82, 2.24) is 9.80 Å². The molecule has 4 heteroatoms. The highest BCUT2D eigenvalue weighted by atomic mass is 32.1. The molecule has 22 heavy (non-hydrogen) atoms. The molecular formula is C18H22N2OS. The molecule has 0 N–H and O–H groups in total. The monoisotopic (exact) mass is 314 g/mol. The second-order valence-electron chi connectivity index (χ2n) is 5.97. The molecule has 0 spiro atoms. The zero-order chi connectivity index (χ0) is 15.5. The van der Waals surface area contributed by atoms with Crippen molar-refractivity contribution < 1.29 is 4.79 Å². The van der Waals surface area contributed by atoms with Gasteiger partial charge < -0.3 is 4.90 Å². The molecule has 3 rings (SSSR count). The second-order valence-corrected chi connectivity index (χ2v) is 7.00. The summed E-state index contributed by atoms with van der Waals surface area (Å²) in [6.45, 7) is 8.59. The smallest absolute Gasteiger partial charge is 0.254 e. The van der Waals surface area contributed by atoms with Crippen LogP contribution in [0.4, 0.5) is 0 Å². The highest BCUT2D eigenvalue weighted by Gasteiger charge is 2.23. The number of thiophene rings is 1. The van der Waals surface area contributed by atoms with Crippen LogP contribution in [0.25, 0.3) is 0 Å². The number of piperazine rings is 1. The maximum Gasteiger partial charge on any atom is 0.254 e. The largest absolute Gasteiger partial charge is 0.336 e. The predicted octanol–water partition coefficient (Wildman–Crippen LogP) is 3.32. The molecule has 1 aliphatic rings. The van der Waals surface area contributed by atoms with Gasteiger partial charge in [0.15, 0.2) is 0 Å². The molecule has 1 saturated heterocycles. The van der Waals surface area contributed by atoms with Crippen LogP contribution in [-0.4, -0.2) is 41.9 Å². The fourth-order valence-corrected chi connectivity index (χ4v) is 3.61. The summed E-state index contributed by atoms with van der Waals surface area (Å²) in [5, 5.41) is 2.12. The lowest BCUT2D eigenvalue weighted by molar-refractivity contribution is 0.0629. The summed E-state index contributed by atoms with van der Waals surface area (Å²) < 4.78 is 0. The second kappa shape index (κ2) is 6.63. The summed E-state index contributed by atoms with van der Waals surface area (Å²) >= 11 is 1.80. The van der Waals surface area contributed by atoms with Gasteiger partial charge in [0.1, 0.15) is 0 Å². The Morgan fingerprint density at radius 3 is 2.59 bits per heavy atom. The molecule has 0 bridgehead atoms. The normalized spacial score (nSPS) is 16.0. The van der Waals surface area contributed by atoms with E-state index in [-0.39, 0.29) is 5.91 Å². The minimum absolute atomic E-state index is 0.178. The average Bonchev–Trinajstić information content (AvgIpc) is 3.03. The Hall–Kier alpha value is -1.65. The first-order valence-electron chi connectivity index (χ1n) is 7.75. The van der Waals surface area contributed by atoms with Gasteiger partial charge in [-0.3, -0.25) is 9.69 Å². The van der Waals surface area contributed by atoms with Crippen LogP contribution in [0.3, 0.4) is 0 Å². The molecule has 0 atom stereocenters. The van der Waals surface area contributed by atoms with Gasteiger partial charge in [0.05, 0.1) is 0 Å². The van der Waals surface area contributed by atoms with Crippen molar-refractivity contribution in [1.29, 1.82) is 0 Å². The van der Waals surface area contributed by atoms with E-state index < -0.39 is 0 Å². The average molecular weight is 314 g/mol. The predicted molar refractivity (Wildman–Crippen MR) is 91.4 cm³/mol. The molecule has 2 aromatic rings. The van der Waals surface area contributed by atoms with Gasteiger partial charge in [0.25, 0.3) is 5.91 Å². The van der Waals surface area contributed by atoms with E-state index in [4.69, 9.17) is 0 Å². The van der Waals surface area contributed by atoms with Crippen LogP contribution in [0.2, 0.25) is 0 Å². The topological polar surface area (TPSA) is 23.6 Å². The van der Waals surface area contributed by atoms with Gasteiger partial charge in [0.2, 0.25) is 0 Å². The fourth-order valence-electron chi connectivity index (χ4n) is 2.87. The molecule has 0 radical (unpaired) electrons. The summed E-state index contributed by atoms with van der Waals surface area (Å²) in [5.41, 5.74) is 3.06. The Balaban J connectivity index is 1.61. The van der Waals surface area contributed by atoms with Gasteiger partial charge in [-0.15, -0.1) is 11.3 Å². The number of benzene rings is 1. The van der Waals surface area contributed by atoms with Gasteiger partial charge in [-0.05, 0) is 36.9 Å². The summed E-state index contributed by atoms with van der Waals surface area (Å²) in [4.78, 5) is 18.5. The summed E-state index contributed by atoms with van der Waals surface area (Å²) in [6.07, 6.45) is 0. The van der Waals surface area contributed by atoms with E-state index in [0.29, 0.717) is 0 Å². The van der Waals surface area contributed by atoms with Crippen LogP contribution in [0.1, 0.15) is 26.4 Å². The van der Waals surface area contributed by atoms with Crippen LogP contribution in [0.15, 0.2) is 35.7 Å². The number of carbonyl (C=O) groups excluding carboxylic acids is 1. The molecule has 1 fully saturated rings. The molecule has 0 aliphatic carbocycles. The Labute approximate surface area is 136 Å². The minimum Gasteiger partial charge on any atom is -0.336 e. The minimum atomic E-state index is 0.178. The number of aryl methyl sites for hydroxylation is 2. The van der Waals surface area contributed by atoms with E-state index in [2.05, 4.69) is 28.5 Å². The van der Waals surface area contributed by atoms with Gasteiger partial charge in [-0.2, -0.15) is 0 Å².